The Morgan fingerprint density at radius 2 is 1.73 bits per heavy atom. The SMILES string of the molecule is O=C(CSc1nnc(NC(=O)Cc2ccccc2)s1)Nc1cccc(C(F)(F)F)c1. The van der Waals surface area contributed by atoms with Gasteiger partial charge in [-0.2, -0.15) is 13.2 Å². The van der Waals surface area contributed by atoms with Gasteiger partial charge in [0.2, 0.25) is 16.9 Å². The number of halogens is 3. The molecule has 0 atom stereocenters. The Morgan fingerprint density at radius 3 is 2.47 bits per heavy atom. The van der Waals surface area contributed by atoms with Gasteiger partial charge in [0, 0.05) is 5.69 Å². The number of alkyl halides is 3. The van der Waals surface area contributed by atoms with E-state index in [-0.39, 0.29) is 23.8 Å². The highest BCUT2D eigenvalue weighted by molar-refractivity contribution is 8.01. The molecule has 2 amide bonds. The topological polar surface area (TPSA) is 84.0 Å². The van der Waals surface area contributed by atoms with E-state index < -0.39 is 17.6 Å². The number of hydrogen-bond acceptors (Lipinski definition) is 6. The van der Waals surface area contributed by atoms with E-state index in [9.17, 15) is 22.8 Å². The molecule has 3 aromatic rings. The summed E-state index contributed by atoms with van der Waals surface area (Å²) in [6.45, 7) is 0. The Bertz CT molecular complexity index is 1030. The fourth-order valence-corrected chi connectivity index (χ4v) is 3.93. The van der Waals surface area contributed by atoms with Gasteiger partial charge in [0.25, 0.3) is 0 Å². The molecule has 1 aromatic heterocycles. The van der Waals surface area contributed by atoms with Crippen LogP contribution in [0.1, 0.15) is 11.1 Å². The molecule has 6 nitrogen and oxygen atoms in total. The van der Waals surface area contributed by atoms with E-state index in [0.29, 0.717) is 9.47 Å². The molecule has 0 aliphatic carbocycles. The van der Waals surface area contributed by atoms with Gasteiger partial charge in [-0.15, -0.1) is 10.2 Å². The number of carbonyl (C=O) groups excluding carboxylic acids is 2. The Labute approximate surface area is 177 Å². The highest BCUT2D eigenvalue weighted by atomic mass is 32.2. The van der Waals surface area contributed by atoms with Crippen molar-refractivity contribution in [2.24, 2.45) is 0 Å². The van der Waals surface area contributed by atoms with Crippen LogP contribution in [0.3, 0.4) is 0 Å². The lowest BCUT2D eigenvalue weighted by Crippen LogP contribution is -2.15. The molecule has 0 radical (unpaired) electrons. The number of nitrogens with one attached hydrogen (secondary N) is 2. The van der Waals surface area contributed by atoms with Gasteiger partial charge >= 0.3 is 6.18 Å². The van der Waals surface area contributed by atoms with Crippen LogP contribution in [0.4, 0.5) is 24.0 Å². The summed E-state index contributed by atoms with van der Waals surface area (Å²) in [6, 6.07) is 13.6. The molecule has 1 heterocycles. The molecular weight excluding hydrogens is 437 g/mol. The summed E-state index contributed by atoms with van der Waals surface area (Å²) in [5.74, 6) is -0.788. The molecule has 0 spiro atoms. The van der Waals surface area contributed by atoms with Crippen LogP contribution in [0.25, 0.3) is 0 Å². The number of anilines is 2. The molecule has 0 unspecified atom stereocenters. The van der Waals surface area contributed by atoms with Crippen molar-refractivity contribution in [3.63, 3.8) is 0 Å². The summed E-state index contributed by atoms with van der Waals surface area (Å²) in [5, 5.41) is 13.1. The lowest BCUT2D eigenvalue weighted by Gasteiger charge is -2.09. The first kappa shape index (κ1) is 21.8. The monoisotopic (exact) mass is 452 g/mol. The van der Waals surface area contributed by atoms with Crippen molar-refractivity contribution < 1.29 is 22.8 Å². The van der Waals surface area contributed by atoms with E-state index in [0.717, 1.165) is 40.8 Å². The molecule has 30 heavy (non-hydrogen) atoms. The van der Waals surface area contributed by atoms with Crippen molar-refractivity contribution >= 4 is 45.7 Å². The largest absolute Gasteiger partial charge is 0.416 e. The van der Waals surface area contributed by atoms with E-state index in [4.69, 9.17) is 0 Å². The summed E-state index contributed by atoms with van der Waals surface area (Å²) < 4.78 is 38.6. The maximum atomic E-state index is 12.7. The van der Waals surface area contributed by atoms with E-state index in [1.165, 1.54) is 12.1 Å². The average Bonchev–Trinajstić information content (AvgIpc) is 3.14. The molecule has 0 fully saturated rings. The summed E-state index contributed by atoms with van der Waals surface area (Å²) in [5.41, 5.74) is 0.0786. The van der Waals surface area contributed by atoms with Crippen LogP contribution in [0, 0.1) is 0 Å². The third-order valence-corrected chi connectivity index (χ3v) is 5.63. The molecule has 2 N–H and O–H groups in total. The van der Waals surface area contributed by atoms with Gasteiger partial charge < -0.3 is 10.6 Å². The maximum absolute atomic E-state index is 12.7. The maximum Gasteiger partial charge on any atom is 0.416 e. The van der Waals surface area contributed by atoms with Crippen LogP contribution in [0.2, 0.25) is 0 Å². The Kier molecular flexibility index (Phi) is 7.06. The van der Waals surface area contributed by atoms with Gasteiger partial charge in [0.1, 0.15) is 0 Å². The first-order valence-corrected chi connectivity index (χ1v) is 10.4. The van der Waals surface area contributed by atoms with Crippen molar-refractivity contribution in [3.8, 4) is 0 Å². The van der Waals surface area contributed by atoms with E-state index >= 15 is 0 Å². The quantitative estimate of drug-likeness (QED) is 0.408. The number of thioether (sulfide) groups is 1. The number of rotatable bonds is 7. The van der Waals surface area contributed by atoms with Crippen molar-refractivity contribution in [2.45, 2.75) is 16.9 Å². The molecule has 0 aliphatic rings. The molecule has 156 valence electrons. The summed E-state index contributed by atoms with van der Waals surface area (Å²) >= 11 is 2.17. The van der Waals surface area contributed by atoms with Crippen LogP contribution < -0.4 is 10.6 Å². The van der Waals surface area contributed by atoms with Gasteiger partial charge in [0.05, 0.1) is 17.7 Å². The average molecular weight is 452 g/mol. The zero-order valence-corrected chi connectivity index (χ0v) is 16.9. The summed E-state index contributed by atoms with van der Waals surface area (Å²) in [4.78, 5) is 24.0. The summed E-state index contributed by atoms with van der Waals surface area (Å²) in [7, 11) is 0. The Hall–Kier alpha value is -2.92. The minimum absolute atomic E-state index is 0.0570. The number of nitrogens with zero attached hydrogens (tertiary/aromatic N) is 2. The minimum atomic E-state index is -4.48. The third-order valence-electron chi connectivity index (χ3n) is 3.66. The first-order chi connectivity index (χ1) is 14.3. The minimum Gasteiger partial charge on any atom is -0.325 e. The highest BCUT2D eigenvalue weighted by Gasteiger charge is 2.30. The number of aromatic nitrogens is 2. The second-order valence-corrected chi connectivity index (χ2v) is 8.20. The van der Waals surface area contributed by atoms with Gasteiger partial charge in [-0.25, -0.2) is 0 Å². The predicted molar refractivity (Wildman–Crippen MR) is 109 cm³/mol. The smallest absolute Gasteiger partial charge is 0.325 e. The zero-order chi connectivity index (χ0) is 21.6. The fraction of sp³-hybridized carbons (Fsp3) is 0.158. The van der Waals surface area contributed by atoms with Crippen molar-refractivity contribution in [1.29, 1.82) is 0 Å². The van der Waals surface area contributed by atoms with Gasteiger partial charge in [-0.1, -0.05) is 59.5 Å². The number of benzene rings is 2. The van der Waals surface area contributed by atoms with E-state index in [1.54, 1.807) is 0 Å². The molecular formula is C19H15F3N4O2S2. The van der Waals surface area contributed by atoms with Crippen molar-refractivity contribution in [2.75, 3.05) is 16.4 Å². The second kappa shape index (κ2) is 9.72. The van der Waals surface area contributed by atoms with Crippen LogP contribution in [0.15, 0.2) is 58.9 Å². The zero-order valence-electron chi connectivity index (χ0n) is 15.3. The highest BCUT2D eigenvalue weighted by Crippen LogP contribution is 2.31. The van der Waals surface area contributed by atoms with Crippen LogP contribution in [-0.2, 0) is 22.2 Å². The molecule has 0 aliphatic heterocycles. The van der Waals surface area contributed by atoms with Gasteiger partial charge in [-0.05, 0) is 23.8 Å². The standard InChI is InChI=1S/C19H15F3N4O2S2/c20-19(21,22)13-7-4-8-14(10-13)23-16(28)11-29-18-26-25-17(30-18)24-15(27)9-12-5-2-1-3-6-12/h1-8,10H,9,11H2,(H,23,28)(H,24,25,27). The first-order valence-electron chi connectivity index (χ1n) is 8.57. The Morgan fingerprint density at radius 1 is 0.967 bits per heavy atom. The molecule has 0 saturated heterocycles. The Balaban J connectivity index is 1.48. The summed E-state index contributed by atoms with van der Waals surface area (Å²) in [6.07, 6.45) is -4.29. The van der Waals surface area contributed by atoms with Crippen LogP contribution in [0.5, 0.6) is 0 Å². The second-order valence-electron chi connectivity index (χ2n) is 6.00. The van der Waals surface area contributed by atoms with Crippen molar-refractivity contribution in [3.05, 3.63) is 65.7 Å². The van der Waals surface area contributed by atoms with E-state index in [2.05, 4.69) is 20.8 Å². The molecule has 2 aromatic carbocycles. The van der Waals surface area contributed by atoms with Gasteiger partial charge in [0.15, 0.2) is 4.34 Å². The number of hydrogen-bond donors (Lipinski definition) is 2. The predicted octanol–water partition coefficient (Wildman–Crippen LogP) is 4.47. The number of amides is 2. The van der Waals surface area contributed by atoms with Crippen LogP contribution >= 0.6 is 23.1 Å². The lowest BCUT2D eigenvalue weighted by atomic mass is 10.1. The lowest BCUT2D eigenvalue weighted by molar-refractivity contribution is -0.137. The fourth-order valence-electron chi connectivity index (χ4n) is 2.36. The third kappa shape index (κ3) is 6.56. The molecule has 3 rings (SSSR count). The van der Waals surface area contributed by atoms with E-state index in [1.807, 2.05) is 30.3 Å². The molecule has 11 heteroatoms. The number of carbonyl (C=O) groups is 2. The van der Waals surface area contributed by atoms with Crippen molar-refractivity contribution in [1.82, 2.24) is 10.2 Å². The van der Waals surface area contributed by atoms with Gasteiger partial charge in [-0.3, -0.25) is 9.59 Å². The normalized spacial score (nSPS) is 11.2. The van der Waals surface area contributed by atoms with Crippen LogP contribution in [-0.4, -0.2) is 27.8 Å². The molecule has 0 saturated carbocycles. The molecule has 0 bridgehead atoms.